The van der Waals surface area contributed by atoms with E-state index >= 15 is 0 Å². The van der Waals surface area contributed by atoms with Gasteiger partial charge in [-0.2, -0.15) is 0 Å². The van der Waals surface area contributed by atoms with Gasteiger partial charge in [-0.3, -0.25) is 14.7 Å². The molecule has 1 N–H and O–H groups in total. The van der Waals surface area contributed by atoms with Crippen LogP contribution in [0.15, 0.2) is 54.9 Å². The number of aromatic nitrogens is 1. The second-order valence-electron chi connectivity index (χ2n) is 5.59. The molecule has 0 saturated carbocycles. The number of amides is 2. The Bertz CT molecular complexity index is 691. The van der Waals surface area contributed by atoms with Gasteiger partial charge in [-0.1, -0.05) is 30.3 Å². The monoisotopic (exact) mass is 325 g/mol. The molecule has 0 aliphatic carbocycles. The van der Waals surface area contributed by atoms with Crippen molar-refractivity contribution in [2.45, 2.75) is 18.9 Å². The van der Waals surface area contributed by atoms with Gasteiger partial charge in [0.2, 0.25) is 5.91 Å². The largest absolute Gasteiger partial charge is 0.449 e. The van der Waals surface area contributed by atoms with E-state index in [4.69, 9.17) is 4.74 Å². The summed E-state index contributed by atoms with van der Waals surface area (Å²) in [6.45, 7) is 0.916. The molecule has 0 radical (unpaired) electrons. The predicted octanol–water partition coefficient (Wildman–Crippen LogP) is 2.47. The molecule has 1 unspecified atom stereocenters. The number of ether oxygens (including phenoxy) is 1. The van der Waals surface area contributed by atoms with Crippen molar-refractivity contribution < 1.29 is 14.3 Å². The lowest BCUT2D eigenvalue weighted by Crippen LogP contribution is -2.51. The topological polar surface area (TPSA) is 71.5 Å². The number of cyclic esters (lactones) is 1. The zero-order valence-corrected chi connectivity index (χ0v) is 13.2. The van der Waals surface area contributed by atoms with Crippen LogP contribution in [0, 0.1) is 0 Å². The molecule has 1 atom stereocenters. The minimum absolute atomic E-state index is 0.232. The summed E-state index contributed by atoms with van der Waals surface area (Å²) in [5.74, 6) is -0.232. The molecule has 3 rings (SSSR count). The third-order valence-corrected chi connectivity index (χ3v) is 3.90. The van der Waals surface area contributed by atoms with E-state index in [1.807, 2.05) is 30.3 Å². The van der Waals surface area contributed by atoms with Crippen molar-refractivity contribution >= 4 is 17.7 Å². The second-order valence-corrected chi connectivity index (χ2v) is 5.59. The zero-order chi connectivity index (χ0) is 16.8. The molecule has 2 heterocycles. The first-order valence-corrected chi connectivity index (χ1v) is 7.92. The van der Waals surface area contributed by atoms with E-state index < -0.39 is 12.1 Å². The first-order chi connectivity index (χ1) is 11.7. The number of pyridine rings is 1. The Balaban J connectivity index is 1.80. The Kier molecular flexibility index (Phi) is 5.05. The van der Waals surface area contributed by atoms with Gasteiger partial charge in [0.25, 0.3) is 0 Å². The van der Waals surface area contributed by atoms with E-state index in [9.17, 15) is 9.59 Å². The van der Waals surface area contributed by atoms with Crippen molar-refractivity contribution in [1.29, 1.82) is 0 Å². The number of benzene rings is 1. The summed E-state index contributed by atoms with van der Waals surface area (Å²) in [5.41, 5.74) is 1.64. The molecule has 1 aliphatic rings. The third-order valence-electron chi connectivity index (χ3n) is 3.90. The fourth-order valence-electron chi connectivity index (χ4n) is 2.69. The van der Waals surface area contributed by atoms with E-state index in [2.05, 4.69) is 10.3 Å². The highest BCUT2D eigenvalue weighted by Gasteiger charge is 2.33. The highest BCUT2D eigenvalue weighted by Crippen LogP contribution is 2.16. The van der Waals surface area contributed by atoms with Crippen LogP contribution >= 0.6 is 0 Å². The predicted molar refractivity (Wildman–Crippen MR) is 89.5 cm³/mol. The van der Waals surface area contributed by atoms with Crippen molar-refractivity contribution in [2.24, 2.45) is 0 Å². The summed E-state index contributed by atoms with van der Waals surface area (Å²) in [6.07, 6.45) is 3.94. The molecule has 1 aromatic heterocycles. The molecule has 0 bridgehead atoms. The summed E-state index contributed by atoms with van der Waals surface area (Å²) in [5, 5.41) is 2.85. The van der Waals surface area contributed by atoms with E-state index in [1.165, 1.54) is 4.90 Å². The number of anilines is 1. The van der Waals surface area contributed by atoms with Gasteiger partial charge in [-0.25, -0.2) is 4.79 Å². The van der Waals surface area contributed by atoms with Crippen LogP contribution in [0.25, 0.3) is 0 Å². The van der Waals surface area contributed by atoms with Crippen molar-refractivity contribution in [3.8, 4) is 0 Å². The van der Waals surface area contributed by atoms with E-state index in [0.29, 0.717) is 25.3 Å². The maximum Gasteiger partial charge on any atom is 0.410 e. The SMILES string of the molecule is O=C(Nc1ccncc1)C(Cc1ccccc1)N1CCCOC1=O. The minimum Gasteiger partial charge on any atom is -0.449 e. The first kappa shape index (κ1) is 16.0. The van der Waals surface area contributed by atoms with Crippen molar-refractivity contribution in [3.05, 3.63) is 60.4 Å². The van der Waals surface area contributed by atoms with Gasteiger partial charge >= 0.3 is 6.09 Å². The number of nitrogens with one attached hydrogen (secondary N) is 1. The number of carbonyl (C=O) groups is 2. The van der Waals surface area contributed by atoms with Crippen LogP contribution in [-0.2, 0) is 16.0 Å². The standard InChI is InChI=1S/C18H19N3O3/c22-17(20-15-7-9-19-10-8-15)16(13-14-5-2-1-3-6-14)21-11-4-12-24-18(21)23/h1-3,5-10,16H,4,11-13H2,(H,19,20,22). The van der Waals surface area contributed by atoms with Crippen LogP contribution in [0.4, 0.5) is 10.5 Å². The second kappa shape index (κ2) is 7.59. The van der Waals surface area contributed by atoms with Crippen LogP contribution in [-0.4, -0.2) is 41.1 Å². The maximum atomic E-state index is 12.8. The average Bonchev–Trinajstić information content (AvgIpc) is 2.62. The molecule has 6 heteroatoms. The molecular weight excluding hydrogens is 306 g/mol. The van der Waals surface area contributed by atoms with Gasteiger partial charge < -0.3 is 10.1 Å². The molecule has 1 saturated heterocycles. The summed E-state index contributed by atoms with van der Waals surface area (Å²) >= 11 is 0. The smallest absolute Gasteiger partial charge is 0.410 e. The lowest BCUT2D eigenvalue weighted by molar-refractivity contribution is -0.121. The van der Waals surface area contributed by atoms with Crippen LogP contribution in [0.1, 0.15) is 12.0 Å². The Morgan fingerprint density at radius 3 is 2.67 bits per heavy atom. The van der Waals surface area contributed by atoms with Gasteiger partial charge in [-0.15, -0.1) is 0 Å². The van der Waals surface area contributed by atoms with E-state index in [-0.39, 0.29) is 5.91 Å². The Morgan fingerprint density at radius 1 is 1.21 bits per heavy atom. The lowest BCUT2D eigenvalue weighted by atomic mass is 10.0. The number of carbonyl (C=O) groups excluding carboxylic acids is 2. The summed E-state index contributed by atoms with van der Waals surface area (Å²) < 4.78 is 5.11. The fourth-order valence-corrected chi connectivity index (χ4v) is 2.69. The summed E-state index contributed by atoms with van der Waals surface area (Å²) in [7, 11) is 0. The van der Waals surface area contributed by atoms with Gasteiger partial charge in [0.1, 0.15) is 6.04 Å². The van der Waals surface area contributed by atoms with E-state index in [0.717, 1.165) is 12.0 Å². The Hall–Kier alpha value is -2.89. The normalized spacial score (nSPS) is 15.5. The van der Waals surface area contributed by atoms with E-state index in [1.54, 1.807) is 24.5 Å². The van der Waals surface area contributed by atoms with Crippen molar-refractivity contribution in [3.63, 3.8) is 0 Å². The minimum atomic E-state index is -0.617. The van der Waals surface area contributed by atoms with Crippen LogP contribution < -0.4 is 5.32 Å². The molecule has 1 aromatic carbocycles. The summed E-state index contributed by atoms with van der Waals surface area (Å²) in [4.78, 5) is 30.3. The van der Waals surface area contributed by atoms with Crippen LogP contribution in [0.5, 0.6) is 0 Å². The molecule has 0 spiro atoms. The Morgan fingerprint density at radius 2 is 1.96 bits per heavy atom. The number of hydrogen-bond donors (Lipinski definition) is 1. The van der Waals surface area contributed by atoms with Gasteiger partial charge in [0, 0.05) is 31.0 Å². The average molecular weight is 325 g/mol. The summed E-state index contributed by atoms with van der Waals surface area (Å²) in [6, 6.07) is 12.5. The number of nitrogens with zero attached hydrogens (tertiary/aromatic N) is 2. The molecule has 6 nitrogen and oxygen atoms in total. The molecule has 124 valence electrons. The fraction of sp³-hybridized carbons (Fsp3) is 0.278. The Labute approximate surface area is 140 Å². The number of rotatable bonds is 5. The lowest BCUT2D eigenvalue weighted by Gasteiger charge is -2.33. The van der Waals surface area contributed by atoms with Crippen LogP contribution in [0.3, 0.4) is 0 Å². The van der Waals surface area contributed by atoms with Crippen molar-refractivity contribution in [2.75, 3.05) is 18.5 Å². The molecular formula is C18H19N3O3. The van der Waals surface area contributed by atoms with Gasteiger partial charge in [0.05, 0.1) is 6.61 Å². The first-order valence-electron chi connectivity index (χ1n) is 7.92. The maximum absolute atomic E-state index is 12.8. The van der Waals surface area contributed by atoms with Crippen molar-refractivity contribution in [1.82, 2.24) is 9.88 Å². The highest BCUT2D eigenvalue weighted by atomic mass is 16.6. The molecule has 24 heavy (non-hydrogen) atoms. The quantitative estimate of drug-likeness (QED) is 0.917. The van der Waals surface area contributed by atoms with Gasteiger partial charge in [-0.05, 0) is 24.1 Å². The third kappa shape index (κ3) is 3.90. The molecule has 2 amide bonds. The highest BCUT2D eigenvalue weighted by molar-refractivity contribution is 5.96. The van der Waals surface area contributed by atoms with Gasteiger partial charge in [0.15, 0.2) is 0 Å². The van der Waals surface area contributed by atoms with Crippen LogP contribution in [0.2, 0.25) is 0 Å². The zero-order valence-electron chi connectivity index (χ0n) is 13.2. The number of hydrogen-bond acceptors (Lipinski definition) is 4. The molecule has 1 fully saturated rings. The molecule has 1 aliphatic heterocycles. The molecule has 2 aromatic rings.